The van der Waals surface area contributed by atoms with Crippen LogP contribution in [0.2, 0.25) is 0 Å². The molecular formula is C11H17BrN2. The lowest BCUT2D eigenvalue weighted by molar-refractivity contribution is 0.673. The second-order valence-electron chi connectivity index (χ2n) is 3.30. The highest BCUT2D eigenvalue weighted by molar-refractivity contribution is 9.09. The average Bonchev–Trinajstić information content (AvgIpc) is 2.62. The molecule has 0 saturated carbocycles. The second-order valence-corrected chi connectivity index (χ2v) is 3.86. The Hall–Kier alpha value is -0.570. The Labute approximate surface area is 94.2 Å². The first-order chi connectivity index (χ1) is 6.81. The van der Waals surface area contributed by atoms with E-state index in [4.69, 9.17) is 0 Å². The Bertz CT molecular complexity index is 296. The molecule has 0 radical (unpaired) electrons. The molecule has 0 aliphatic heterocycles. The van der Waals surface area contributed by atoms with E-state index >= 15 is 0 Å². The molecular weight excluding hydrogens is 240 g/mol. The van der Waals surface area contributed by atoms with Gasteiger partial charge in [-0.3, -0.25) is 0 Å². The van der Waals surface area contributed by atoms with Gasteiger partial charge in [0.2, 0.25) is 0 Å². The van der Waals surface area contributed by atoms with Gasteiger partial charge in [-0.25, -0.2) is 4.98 Å². The highest BCUT2D eigenvalue weighted by atomic mass is 79.9. The summed E-state index contributed by atoms with van der Waals surface area (Å²) in [4.78, 5) is 4.17. The highest BCUT2D eigenvalue weighted by Gasteiger charge is 1.99. The normalized spacial score (nSPS) is 12.1. The molecule has 3 heteroatoms. The van der Waals surface area contributed by atoms with E-state index < -0.39 is 0 Å². The van der Waals surface area contributed by atoms with Crippen molar-refractivity contribution in [3.05, 3.63) is 23.8 Å². The SMILES string of the molecule is CCCn1cncc1C=C(CC)CBr. The lowest BCUT2D eigenvalue weighted by Gasteiger charge is -2.04. The minimum absolute atomic E-state index is 0.945. The van der Waals surface area contributed by atoms with Gasteiger partial charge in [-0.15, -0.1) is 0 Å². The van der Waals surface area contributed by atoms with Crippen molar-refractivity contribution in [3.8, 4) is 0 Å². The maximum atomic E-state index is 4.17. The molecule has 0 spiro atoms. The molecule has 0 saturated heterocycles. The zero-order chi connectivity index (χ0) is 10.4. The number of hydrogen-bond donors (Lipinski definition) is 0. The summed E-state index contributed by atoms with van der Waals surface area (Å²) in [5.41, 5.74) is 2.62. The maximum Gasteiger partial charge on any atom is 0.0950 e. The number of hydrogen-bond acceptors (Lipinski definition) is 1. The number of rotatable bonds is 5. The maximum absolute atomic E-state index is 4.17. The molecule has 1 aromatic rings. The largest absolute Gasteiger partial charge is 0.331 e. The Morgan fingerprint density at radius 1 is 1.57 bits per heavy atom. The number of alkyl halides is 1. The van der Waals surface area contributed by atoms with Gasteiger partial charge in [0.15, 0.2) is 0 Å². The fraction of sp³-hybridized carbons (Fsp3) is 0.545. The van der Waals surface area contributed by atoms with Crippen molar-refractivity contribution >= 4 is 22.0 Å². The highest BCUT2D eigenvalue weighted by Crippen LogP contribution is 2.12. The minimum Gasteiger partial charge on any atom is -0.331 e. The molecule has 0 amide bonds. The van der Waals surface area contributed by atoms with E-state index in [1.54, 1.807) is 0 Å². The van der Waals surface area contributed by atoms with E-state index in [0.29, 0.717) is 0 Å². The lowest BCUT2D eigenvalue weighted by atomic mass is 10.2. The van der Waals surface area contributed by atoms with Crippen molar-refractivity contribution in [2.75, 3.05) is 5.33 Å². The van der Waals surface area contributed by atoms with Crippen LogP contribution in [0.4, 0.5) is 0 Å². The van der Waals surface area contributed by atoms with Crippen molar-refractivity contribution < 1.29 is 0 Å². The first-order valence-corrected chi connectivity index (χ1v) is 6.19. The average molecular weight is 257 g/mol. The standard InChI is InChI=1S/C11H17BrN2/c1-3-5-14-9-13-8-11(14)6-10(4-2)7-12/h6,8-9H,3-5,7H2,1-2H3. The quantitative estimate of drug-likeness (QED) is 0.738. The molecule has 0 fully saturated rings. The molecule has 0 unspecified atom stereocenters. The molecule has 14 heavy (non-hydrogen) atoms. The molecule has 0 aliphatic rings. The molecule has 0 aromatic carbocycles. The van der Waals surface area contributed by atoms with Crippen molar-refractivity contribution in [1.82, 2.24) is 9.55 Å². The second kappa shape index (κ2) is 6.02. The predicted octanol–water partition coefficient (Wildman–Crippen LogP) is 3.48. The summed E-state index contributed by atoms with van der Waals surface area (Å²) in [5.74, 6) is 0. The summed E-state index contributed by atoms with van der Waals surface area (Å²) in [6.45, 7) is 5.40. The zero-order valence-electron chi connectivity index (χ0n) is 8.83. The van der Waals surface area contributed by atoms with Gasteiger partial charge in [-0.05, 0) is 18.9 Å². The Morgan fingerprint density at radius 2 is 2.36 bits per heavy atom. The number of aryl methyl sites for hydroxylation is 1. The number of allylic oxidation sites excluding steroid dienone is 1. The van der Waals surface area contributed by atoms with E-state index in [0.717, 1.165) is 24.7 Å². The van der Waals surface area contributed by atoms with Gasteiger partial charge < -0.3 is 4.57 Å². The van der Waals surface area contributed by atoms with E-state index in [-0.39, 0.29) is 0 Å². The summed E-state index contributed by atoms with van der Waals surface area (Å²) < 4.78 is 2.19. The number of halogens is 1. The molecule has 1 rings (SSSR count). The molecule has 0 atom stereocenters. The van der Waals surface area contributed by atoms with Gasteiger partial charge in [0, 0.05) is 11.9 Å². The predicted molar refractivity (Wildman–Crippen MR) is 64.6 cm³/mol. The van der Waals surface area contributed by atoms with Gasteiger partial charge in [-0.1, -0.05) is 35.4 Å². The monoisotopic (exact) mass is 256 g/mol. The lowest BCUT2D eigenvalue weighted by Crippen LogP contribution is -1.97. The summed E-state index contributed by atoms with van der Waals surface area (Å²) in [7, 11) is 0. The molecule has 1 heterocycles. The summed E-state index contributed by atoms with van der Waals surface area (Å²) in [6.07, 6.45) is 8.28. The van der Waals surface area contributed by atoms with Crippen LogP contribution in [-0.4, -0.2) is 14.9 Å². The van der Waals surface area contributed by atoms with Crippen LogP contribution < -0.4 is 0 Å². The van der Waals surface area contributed by atoms with Gasteiger partial charge >= 0.3 is 0 Å². The number of aromatic nitrogens is 2. The fourth-order valence-electron chi connectivity index (χ4n) is 1.32. The number of imidazole rings is 1. The first kappa shape index (κ1) is 11.5. The van der Waals surface area contributed by atoms with Crippen LogP contribution in [0, 0.1) is 0 Å². The van der Waals surface area contributed by atoms with E-state index in [1.807, 2.05) is 12.5 Å². The third-order valence-electron chi connectivity index (χ3n) is 2.19. The third-order valence-corrected chi connectivity index (χ3v) is 2.91. The van der Waals surface area contributed by atoms with E-state index in [1.165, 1.54) is 11.3 Å². The van der Waals surface area contributed by atoms with Crippen molar-refractivity contribution in [3.63, 3.8) is 0 Å². The molecule has 2 nitrogen and oxygen atoms in total. The van der Waals surface area contributed by atoms with Crippen molar-refractivity contribution in [2.45, 2.75) is 33.2 Å². The van der Waals surface area contributed by atoms with Crippen LogP contribution in [0.5, 0.6) is 0 Å². The third kappa shape index (κ3) is 2.98. The Morgan fingerprint density at radius 3 is 2.93 bits per heavy atom. The van der Waals surface area contributed by atoms with Crippen LogP contribution in [0.3, 0.4) is 0 Å². The first-order valence-electron chi connectivity index (χ1n) is 5.07. The zero-order valence-corrected chi connectivity index (χ0v) is 10.4. The Kier molecular flexibility index (Phi) is 4.94. The van der Waals surface area contributed by atoms with Crippen molar-refractivity contribution in [2.24, 2.45) is 0 Å². The van der Waals surface area contributed by atoms with E-state index in [2.05, 4.69) is 45.4 Å². The Balaban J connectivity index is 2.83. The molecule has 0 N–H and O–H groups in total. The molecule has 78 valence electrons. The summed E-state index contributed by atoms with van der Waals surface area (Å²) in [6, 6.07) is 0. The topological polar surface area (TPSA) is 17.8 Å². The summed E-state index contributed by atoms with van der Waals surface area (Å²) >= 11 is 3.49. The van der Waals surface area contributed by atoms with Gasteiger partial charge in [0.25, 0.3) is 0 Å². The smallest absolute Gasteiger partial charge is 0.0950 e. The molecule has 0 aliphatic carbocycles. The van der Waals surface area contributed by atoms with Gasteiger partial charge in [-0.2, -0.15) is 0 Å². The van der Waals surface area contributed by atoms with E-state index in [9.17, 15) is 0 Å². The van der Waals surface area contributed by atoms with Crippen molar-refractivity contribution in [1.29, 1.82) is 0 Å². The van der Waals surface area contributed by atoms with Crippen LogP contribution in [-0.2, 0) is 6.54 Å². The van der Waals surface area contributed by atoms with Crippen LogP contribution >= 0.6 is 15.9 Å². The van der Waals surface area contributed by atoms with Crippen LogP contribution in [0.15, 0.2) is 18.1 Å². The van der Waals surface area contributed by atoms with Crippen LogP contribution in [0.1, 0.15) is 32.4 Å². The van der Waals surface area contributed by atoms with Gasteiger partial charge in [0.05, 0.1) is 18.2 Å². The van der Waals surface area contributed by atoms with Crippen LogP contribution in [0.25, 0.3) is 6.08 Å². The summed E-state index contributed by atoms with van der Waals surface area (Å²) in [5, 5.41) is 0.945. The minimum atomic E-state index is 0.945. The molecule has 0 bridgehead atoms. The fourth-order valence-corrected chi connectivity index (χ4v) is 1.88. The van der Waals surface area contributed by atoms with Gasteiger partial charge in [0.1, 0.15) is 0 Å². The molecule has 1 aromatic heterocycles. The number of nitrogens with zero attached hydrogens (tertiary/aromatic N) is 2.